The zero-order valence-electron chi connectivity index (χ0n) is 13.6. The molecule has 0 fully saturated rings. The Balaban J connectivity index is 2.04. The quantitative estimate of drug-likeness (QED) is 0.602. The lowest BCUT2D eigenvalue weighted by Gasteiger charge is -2.13. The van der Waals surface area contributed by atoms with E-state index in [4.69, 9.17) is 15.9 Å². The molecule has 4 nitrogen and oxygen atoms in total. The number of terminal acetylenes is 1. The maximum absolute atomic E-state index is 12.3. The topological polar surface area (TPSA) is 47.6 Å². The highest BCUT2D eigenvalue weighted by Gasteiger charge is 2.23. The Kier molecular flexibility index (Phi) is 5.11. The van der Waals surface area contributed by atoms with Gasteiger partial charge in [-0.05, 0) is 52.7 Å². The molecule has 0 radical (unpaired) electrons. The van der Waals surface area contributed by atoms with E-state index in [-0.39, 0.29) is 12.5 Å². The Morgan fingerprint density at radius 3 is 2.84 bits per heavy atom. The van der Waals surface area contributed by atoms with E-state index < -0.39 is 0 Å². The van der Waals surface area contributed by atoms with Crippen molar-refractivity contribution in [2.45, 2.75) is 6.92 Å². The first-order chi connectivity index (χ1) is 12.1. The van der Waals surface area contributed by atoms with E-state index in [1.54, 1.807) is 0 Å². The average Bonchev–Trinajstić information content (AvgIpc) is 2.90. The van der Waals surface area contributed by atoms with Gasteiger partial charge < -0.3 is 14.8 Å². The molecule has 0 aromatic heterocycles. The predicted octanol–water partition coefficient (Wildman–Crippen LogP) is 4.35. The van der Waals surface area contributed by atoms with Gasteiger partial charge in [0.15, 0.2) is 11.5 Å². The number of nitrogens with one attached hydrogen (secondary N) is 1. The first-order valence-electron chi connectivity index (χ1n) is 7.79. The van der Waals surface area contributed by atoms with Crippen LogP contribution in [0, 0.1) is 12.3 Å². The van der Waals surface area contributed by atoms with Crippen LogP contribution in [0.2, 0.25) is 0 Å². The van der Waals surface area contributed by atoms with Crippen LogP contribution in [0.3, 0.4) is 0 Å². The van der Waals surface area contributed by atoms with E-state index in [1.165, 1.54) is 0 Å². The molecule has 0 bridgehead atoms. The molecule has 0 spiro atoms. The molecule has 2 aromatic rings. The van der Waals surface area contributed by atoms with Crippen molar-refractivity contribution in [3.8, 4) is 23.8 Å². The van der Waals surface area contributed by atoms with Crippen LogP contribution >= 0.6 is 15.9 Å². The number of hydrogen-bond acceptors (Lipinski definition) is 3. The number of hydrogen-bond donors (Lipinski definition) is 1. The molecule has 1 heterocycles. The first kappa shape index (κ1) is 17.1. The second-order valence-electron chi connectivity index (χ2n) is 5.31. The molecule has 25 heavy (non-hydrogen) atoms. The van der Waals surface area contributed by atoms with Crippen LogP contribution in [0.1, 0.15) is 18.1 Å². The van der Waals surface area contributed by atoms with Gasteiger partial charge in [-0.15, -0.1) is 6.42 Å². The van der Waals surface area contributed by atoms with Crippen molar-refractivity contribution < 1.29 is 14.3 Å². The van der Waals surface area contributed by atoms with Gasteiger partial charge in [0.05, 0.1) is 11.1 Å². The predicted molar refractivity (Wildman–Crippen MR) is 103 cm³/mol. The molecule has 0 saturated carbocycles. The van der Waals surface area contributed by atoms with Crippen LogP contribution in [-0.4, -0.2) is 19.1 Å². The fourth-order valence-electron chi connectivity index (χ4n) is 2.64. The number of anilines is 1. The summed E-state index contributed by atoms with van der Waals surface area (Å²) in [5.41, 5.74) is 3.14. The minimum absolute atomic E-state index is 0.122. The third-order valence-electron chi connectivity index (χ3n) is 3.65. The Morgan fingerprint density at radius 2 is 2.08 bits per heavy atom. The largest absolute Gasteiger partial charge is 0.490 e. The highest BCUT2D eigenvalue weighted by molar-refractivity contribution is 9.10. The van der Waals surface area contributed by atoms with Crippen molar-refractivity contribution in [2.75, 3.05) is 18.5 Å². The van der Waals surface area contributed by atoms with Crippen LogP contribution in [0.15, 0.2) is 40.9 Å². The standard InChI is InChI=1S/C20H16BrNO3/c1-3-9-25-19-16(21)11-13(12-18(19)24-4-2)10-15-14-7-5-6-8-17(14)22-20(15)23/h1,5-8,10-12H,4,9H2,2H3,(H,22,23)/b15-10-. The lowest BCUT2D eigenvalue weighted by Crippen LogP contribution is -2.04. The smallest absolute Gasteiger partial charge is 0.256 e. The summed E-state index contributed by atoms with van der Waals surface area (Å²) in [7, 11) is 0. The zero-order valence-corrected chi connectivity index (χ0v) is 15.2. The van der Waals surface area contributed by atoms with Gasteiger partial charge >= 0.3 is 0 Å². The lowest BCUT2D eigenvalue weighted by molar-refractivity contribution is -0.110. The number of carbonyl (C=O) groups excluding carboxylic acids is 1. The van der Waals surface area contributed by atoms with Crippen molar-refractivity contribution >= 4 is 39.2 Å². The lowest BCUT2D eigenvalue weighted by atomic mass is 10.0. The molecule has 1 N–H and O–H groups in total. The van der Waals surface area contributed by atoms with Crippen molar-refractivity contribution in [2.24, 2.45) is 0 Å². The van der Waals surface area contributed by atoms with Crippen molar-refractivity contribution in [3.63, 3.8) is 0 Å². The van der Waals surface area contributed by atoms with Crippen molar-refractivity contribution in [1.29, 1.82) is 0 Å². The maximum atomic E-state index is 12.3. The second kappa shape index (κ2) is 7.45. The number of halogens is 1. The first-order valence-corrected chi connectivity index (χ1v) is 8.58. The molecule has 0 unspecified atom stereocenters. The third-order valence-corrected chi connectivity index (χ3v) is 4.24. The Labute approximate surface area is 155 Å². The molecular formula is C20H16BrNO3. The summed E-state index contributed by atoms with van der Waals surface area (Å²) in [5, 5.41) is 2.86. The highest BCUT2D eigenvalue weighted by Crippen LogP contribution is 2.39. The van der Waals surface area contributed by atoms with Crippen LogP contribution in [0.4, 0.5) is 5.69 Å². The molecule has 0 atom stereocenters. The fourth-order valence-corrected chi connectivity index (χ4v) is 3.21. The minimum atomic E-state index is -0.122. The summed E-state index contributed by atoms with van der Waals surface area (Å²) in [6, 6.07) is 11.3. The molecular weight excluding hydrogens is 382 g/mol. The number of amides is 1. The zero-order chi connectivity index (χ0) is 17.8. The van der Waals surface area contributed by atoms with Crippen molar-refractivity contribution in [3.05, 3.63) is 52.0 Å². The van der Waals surface area contributed by atoms with Gasteiger partial charge in [-0.25, -0.2) is 0 Å². The number of ether oxygens (including phenoxy) is 2. The Hall–Kier alpha value is -2.71. The summed E-state index contributed by atoms with van der Waals surface area (Å²) >= 11 is 3.49. The highest BCUT2D eigenvalue weighted by atomic mass is 79.9. The Morgan fingerprint density at radius 1 is 1.28 bits per heavy atom. The van der Waals surface area contributed by atoms with Gasteiger partial charge in [-0.3, -0.25) is 4.79 Å². The summed E-state index contributed by atoms with van der Waals surface area (Å²) in [6.45, 7) is 2.53. The summed E-state index contributed by atoms with van der Waals surface area (Å²) in [5.74, 6) is 3.45. The molecule has 2 aromatic carbocycles. The van der Waals surface area contributed by atoms with Gasteiger partial charge in [-0.2, -0.15) is 0 Å². The average molecular weight is 398 g/mol. The third kappa shape index (κ3) is 3.54. The van der Waals surface area contributed by atoms with Crippen LogP contribution in [-0.2, 0) is 4.79 Å². The molecule has 1 amide bonds. The van der Waals surface area contributed by atoms with Crippen LogP contribution < -0.4 is 14.8 Å². The van der Waals surface area contributed by atoms with E-state index in [0.29, 0.717) is 28.2 Å². The van der Waals surface area contributed by atoms with Crippen molar-refractivity contribution in [1.82, 2.24) is 0 Å². The summed E-state index contributed by atoms with van der Waals surface area (Å²) in [4.78, 5) is 12.3. The molecule has 0 saturated heterocycles. The van der Waals surface area contributed by atoms with Crippen LogP contribution in [0.25, 0.3) is 11.6 Å². The van der Waals surface area contributed by atoms with E-state index in [1.807, 2.05) is 49.4 Å². The summed E-state index contributed by atoms with van der Waals surface area (Å²) in [6.07, 6.45) is 7.10. The summed E-state index contributed by atoms with van der Waals surface area (Å²) < 4.78 is 11.9. The maximum Gasteiger partial charge on any atom is 0.256 e. The molecule has 126 valence electrons. The fraction of sp³-hybridized carbons (Fsp3) is 0.150. The van der Waals surface area contributed by atoms with Gasteiger partial charge in [0.2, 0.25) is 0 Å². The number of rotatable bonds is 5. The number of fused-ring (bicyclic) bond motifs is 1. The molecule has 0 aliphatic carbocycles. The van der Waals surface area contributed by atoms with Gasteiger partial charge in [-0.1, -0.05) is 24.1 Å². The van der Waals surface area contributed by atoms with E-state index in [0.717, 1.165) is 16.8 Å². The monoisotopic (exact) mass is 397 g/mol. The van der Waals surface area contributed by atoms with E-state index in [9.17, 15) is 4.79 Å². The number of benzene rings is 2. The van der Waals surface area contributed by atoms with Gasteiger partial charge in [0.25, 0.3) is 5.91 Å². The van der Waals surface area contributed by atoms with E-state index in [2.05, 4.69) is 27.2 Å². The van der Waals surface area contributed by atoms with Gasteiger partial charge in [0, 0.05) is 16.8 Å². The number of carbonyl (C=O) groups is 1. The van der Waals surface area contributed by atoms with Crippen LogP contribution in [0.5, 0.6) is 11.5 Å². The van der Waals surface area contributed by atoms with Gasteiger partial charge in [0.1, 0.15) is 6.61 Å². The van der Waals surface area contributed by atoms with E-state index >= 15 is 0 Å². The normalized spacial score (nSPS) is 14.0. The molecule has 3 rings (SSSR count). The second-order valence-corrected chi connectivity index (χ2v) is 6.17. The molecule has 1 aliphatic rings. The number of para-hydroxylation sites is 1. The SMILES string of the molecule is C#CCOc1c(Br)cc(/C=C2\C(=O)Nc3ccccc32)cc1OCC. The minimum Gasteiger partial charge on any atom is -0.490 e. The molecule has 5 heteroatoms. The molecule has 1 aliphatic heterocycles. The Bertz CT molecular complexity index is 896.